The third-order valence-corrected chi connectivity index (χ3v) is 4.45. The number of nitrogens with one attached hydrogen (secondary N) is 1. The summed E-state index contributed by atoms with van der Waals surface area (Å²) in [7, 11) is 3.15. The number of ether oxygens (including phenoxy) is 3. The Balaban J connectivity index is 1.72. The van der Waals surface area contributed by atoms with Crippen LogP contribution in [-0.2, 0) is 20.7 Å². The van der Waals surface area contributed by atoms with E-state index in [4.69, 9.17) is 14.2 Å². The molecule has 1 amide bonds. The van der Waals surface area contributed by atoms with Gasteiger partial charge in [0.15, 0.2) is 0 Å². The van der Waals surface area contributed by atoms with Crippen LogP contribution in [0.5, 0.6) is 11.5 Å². The summed E-state index contributed by atoms with van der Waals surface area (Å²) in [5.41, 5.74) is 1.93. The highest BCUT2D eigenvalue weighted by molar-refractivity contribution is 5.96. The highest BCUT2D eigenvalue weighted by Gasteiger charge is 2.25. The monoisotopic (exact) mass is 405 g/mol. The summed E-state index contributed by atoms with van der Waals surface area (Å²) in [6.07, 6.45) is -1.03. The van der Waals surface area contributed by atoms with Gasteiger partial charge in [-0.05, 0) is 42.0 Å². The topological polar surface area (TPSA) is 73.9 Å². The van der Waals surface area contributed by atoms with Gasteiger partial charge < -0.3 is 19.5 Å². The number of methoxy groups -OCH3 is 2. The number of amides is 1. The standard InChI is InChI=1S/C24H23NO5/c1-28-20-12-8-17(9-13-20)16-22(26)30-23(18-6-4-3-5-7-18)24(27)25-19-10-14-21(29-2)15-11-19/h3-15,23H,16H2,1-2H3,(H,25,27)/t23-/m1/s1. The van der Waals surface area contributed by atoms with E-state index in [1.165, 1.54) is 0 Å². The quantitative estimate of drug-likeness (QED) is 0.570. The van der Waals surface area contributed by atoms with Crippen molar-refractivity contribution in [2.45, 2.75) is 12.5 Å². The van der Waals surface area contributed by atoms with E-state index >= 15 is 0 Å². The fourth-order valence-corrected chi connectivity index (χ4v) is 2.87. The molecule has 3 aromatic carbocycles. The second-order valence-electron chi connectivity index (χ2n) is 6.52. The normalized spacial score (nSPS) is 11.3. The lowest BCUT2D eigenvalue weighted by Crippen LogP contribution is -2.26. The second kappa shape index (κ2) is 10.1. The third-order valence-electron chi connectivity index (χ3n) is 4.45. The Hall–Kier alpha value is -3.80. The predicted octanol–water partition coefficient (Wildman–Crippen LogP) is 4.17. The van der Waals surface area contributed by atoms with E-state index in [-0.39, 0.29) is 6.42 Å². The number of anilines is 1. The van der Waals surface area contributed by atoms with E-state index in [1.807, 2.05) is 6.07 Å². The van der Waals surface area contributed by atoms with Crippen molar-refractivity contribution in [3.8, 4) is 11.5 Å². The molecule has 0 aliphatic heterocycles. The van der Waals surface area contributed by atoms with Gasteiger partial charge in [-0.3, -0.25) is 9.59 Å². The molecule has 6 heteroatoms. The molecule has 0 aliphatic rings. The molecule has 0 aliphatic carbocycles. The van der Waals surface area contributed by atoms with Crippen LogP contribution in [0.15, 0.2) is 78.9 Å². The van der Waals surface area contributed by atoms with Crippen molar-refractivity contribution in [3.63, 3.8) is 0 Å². The molecule has 30 heavy (non-hydrogen) atoms. The Morgan fingerprint density at radius 2 is 1.37 bits per heavy atom. The molecule has 0 heterocycles. The van der Waals surface area contributed by atoms with Gasteiger partial charge >= 0.3 is 5.97 Å². The van der Waals surface area contributed by atoms with E-state index in [0.29, 0.717) is 22.7 Å². The summed E-state index contributed by atoms with van der Waals surface area (Å²) in [5.74, 6) is 0.444. The number of esters is 1. The van der Waals surface area contributed by atoms with Gasteiger partial charge in [-0.15, -0.1) is 0 Å². The maximum atomic E-state index is 12.9. The zero-order valence-electron chi connectivity index (χ0n) is 16.8. The zero-order valence-corrected chi connectivity index (χ0v) is 16.8. The molecule has 0 spiro atoms. The van der Waals surface area contributed by atoms with Gasteiger partial charge in [0.1, 0.15) is 11.5 Å². The van der Waals surface area contributed by atoms with Crippen molar-refractivity contribution in [2.24, 2.45) is 0 Å². The van der Waals surface area contributed by atoms with Crippen LogP contribution >= 0.6 is 0 Å². The second-order valence-corrected chi connectivity index (χ2v) is 6.52. The van der Waals surface area contributed by atoms with Crippen molar-refractivity contribution in [3.05, 3.63) is 90.0 Å². The minimum Gasteiger partial charge on any atom is -0.497 e. The molecule has 0 radical (unpaired) electrons. The predicted molar refractivity (Wildman–Crippen MR) is 114 cm³/mol. The summed E-state index contributed by atoms with van der Waals surface area (Å²) >= 11 is 0. The van der Waals surface area contributed by atoms with Crippen molar-refractivity contribution < 1.29 is 23.8 Å². The Bertz CT molecular complexity index is 969. The lowest BCUT2D eigenvalue weighted by atomic mass is 10.1. The molecule has 0 bridgehead atoms. The molecule has 1 N–H and O–H groups in total. The fraction of sp³-hybridized carbons (Fsp3) is 0.167. The molecule has 3 rings (SSSR count). The molecule has 0 fully saturated rings. The Kier molecular flexibility index (Phi) is 7.05. The molecular formula is C24H23NO5. The summed E-state index contributed by atoms with van der Waals surface area (Å²) in [5, 5.41) is 2.79. The average Bonchev–Trinajstić information content (AvgIpc) is 2.79. The largest absolute Gasteiger partial charge is 0.497 e. The highest BCUT2D eigenvalue weighted by atomic mass is 16.5. The van der Waals surface area contributed by atoms with Crippen LogP contribution in [0.1, 0.15) is 17.2 Å². The van der Waals surface area contributed by atoms with E-state index in [9.17, 15) is 9.59 Å². The zero-order chi connectivity index (χ0) is 21.3. The van der Waals surface area contributed by atoms with Crippen LogP contribution in [0.25, 0.3) is 0 Å². The first-order valence-electron chi connectivity index (χ1n) is 9.41. The average molecular weight is 405 g/mol. The lowest BCUT2D eigenvalue weighted by Gasteiger charge is -2.18. The first kappa shape index (κ1) is 20.9. The molecule has 0 saturated heterocycles. The first-order chi connectivity index (χ1) is 14.6. The van der Waals surface area contributed by atoms with Gasteiger partial charge in [0.2, 0.25) is 6.10 Å². The number of rotatable bonds is 8. The molecule has 6 nitrogen and oxygen atoms in total. The molecule has 154 valence electrons. The van der Waals surface area contributed by atoms with Gasteiger partial charge in [-0.1, -0.05) is 42.5 Å². The van der Waals surface area contributed by atoms with E-state index in [0.717, 1.165) is 5.56 Å². The van der Waals surface area contributed by atoms with Crippen molar-refractivity contribution in [1.29, 1.82) is 0 Å². The molecule has 0 unspecified atom stereocenters. The van der Waals surface area contributed by atoms with E-state index < -0.39 is 18.0 Å². The highest BCUT2D eigenvalue weighted by Crippen LogP contribution is 2.22. The van der Waals surface area contributed by atoms with Crippen molar-refractivity contribution in [2.75, 3.05) is 19.5 Å². The molecule has 3 aromatic rings. The van der Waals surface area contributed by atoms with Gasteiger partial charge in [-0.25, -0.2) is 0 Å². The fourth-order valence-electron chi connectivity index (χ4n) is 2.87. The van der Waals surface area contributed by atoms with Gasteiger partial charge in [-0.2, -0.15) is 0 Å². The summed E-state index contributed by atoms with van der Waals surface area (Å²) in [4.78, 5) is 25.4. The van der Waals surface area contributed by atoms with E-state index in [2.05, 4.69) is 5.32 Å². The van der Waals surface area contributed by atoms with Gasteiger partial charge in [0.05, 0.1) is 20.6 Å². The Morgan fingerprint density at radius 3 is 1.93 bits per heavy atom. The molecule has 1 atom stereocenters. The molecule has 0 saturated carbocycles. The number of hydrogen-bond donors (Lipinski definition) is 1. The third kappa shape index (κ3) is 5.61. The smallest absolute Gasteiger partial charge is 0.311 e. The van der Waals surface area contributed by atoms with E-state index in [1.54, 1.807) is 87.0 Å². The first-order valence-corrected chi connectivity index (χ1v) is 9.41. The maximum Gasteiger partial charge on any atom is 0.311 e. The van der Waals surface area contributed by atoms with Crippen LogP contribution in [0, 0.1) is 0 Å². The van der Waals surface area contributed by atoms with Crippen molar-refractivity contribution >= 4 is 17.6 Å². The minimum atomic E-state index is -1.07. The Morgan fingerprint density at radius 1 is 0.800 bits per heavy atom. The van der Waals surface area contributed by atoms with Crippen LogP contribution in [0.4, 0.5) is 5.69 Å². The summed E-state index contributed by atoms with van der Waals surface area (Å²) < 4.78 is 15.8. The maximum absolute atomic E-state index is 12.9. The van der Waals surface area contributed by atoms with Gasteiger partial charge in [0, 0.05) is 11.3 Å². The SMILES string of the molecule is COc1ccc(CC(=O)O[C@@H](C(=O)Nc2ccc(OC)cc2)c2ccccc2)cc1. The molecule has 0 aromatic heterocycles. The lowest BCUT2D eigenvalue weighted by molar-refractivity contribution is -0.154. The van der Waals surface area contributed by atoms with Crippen LogP contribution in [0.3, 0.4) is 0 Å². The Labute approximate surface area is 175 Å². The minimum absolute atomic E-state index is 0.0448. The van der Waals surface area contributed by atoms with Crippen LogP contribution < -0.4 is 14.8 Å². The number of benzene rings is 3. The number of hydrogen-bond acceptors (Lipinski definition) is 5. The summed E-state index contributed by atoms with van der Waals surface area (Å²) in [6, 6.07) is 23.0. The number of carbonyl (C=O) groups is 2. The summed E-state index contributed by atoms with van der Waals surface area (Å²) in [6.45, 7) is 0. The number of carbonyl (C=O) groups excluding carboxylic acids is 2. The van der Waals surface area contributed by atoms with Crippen LogP contribution in [0.2, 0.25) is 0 Å². The van der Waals surface area contributed by atoms with Crippen LogP contribution in [-0.4, -0.2) is 26.1 Å². The molecular weight excluding hydrogens is 382 g/mol. The van der Waals surface area contributed by atoms with Crippen molar-refractivity contribution in [1.82, 2.24) is 0 Å². The van der Waals surface area contributed by atoms with Gasteiger partial charge in [0.25, 0.3) is 5.91 Å².